The van der Waals surface area contributed by atoms with Gasteiger partial charge >= 0.3 is 0 Å². The van der Waals surface area contributed by atoms with E-state index in [-0.39, 0.29) is 17.7 Å². The highest BCUT2D eigenvalue weighted by Crippen LogP contribution is 2.37. The molecule has 7 heteroatoms. The molecular weight excluding hydrogens is 266 g/mol. The number of ether oxygens (including phenoxy) is 2. The minimum absolute atomic E-state index is 0.00390. The Balaban J connectivity index is 1.60. The Morgan fingerprint density at radius 1 is 1.42 bits per heavy atom. The molecule has 19 heavy (non-hydrogen) atoms. The molecule has 0 N–H and O–H groups in total. The zero-order valence-electron chi connectivity index (χ0n) is 10.9. The molecule has 6 nitrogen and oxygen atoms in total. The molecule has 2 heterocycles. The number of nitrogens with zero attached hydrogens (tertiary/aromatic N) is 3. The maximum Gasteiger partial charge on any atom is 0.267 e. The van der Waals surface area contributed by atoms with Crippen molar-refractivity contribution in [3.05, 3.63) is 11.1 Å². The van der Waals surface area contributed by atoms with Crippen LogP contribution in [0, 0.1) is 0 Å². The minimum atomic E-state index is -0.369. The van der Waals surface area contributed by atoms with Crippen molar-refractivity contribution in [1.82, 2.24) is 14.5 Å². The number of hydrogen-bond donors (Lipinski definition) is 0. The Morgan fingerprint density at radius 2 is 2.11 bits per heavy atom. The van der Waals surface area contributed by atoms with E-state index in [4.69, 9.17) is 9.47 Å². The molecule has 1 saturated carbocycles. The lowest BCUT2D eigenvalue weighted by Crippen LogP contribution is -2.44. The van der Waals surface area contributed by atoms with Crippen LogP contribution in [0.3, 0.4) is 0 Å². The van der Waals surface area contributed by atoms with Gasteiger partial charge in [-0.2, -0.15) is 0 Å². The number of aromatic nitrogens is 2. The molecule has 1 amide bonds. The summed E-state index contributed by atoms with van der Waals surface area (Å²) in [6.07, 6.45) is 5.06. The second-order valence-corrected chi connectivity index (χ2v) is 5.82. The Morgan fingerprint density at radius 3 is 2.68 bits per heavy atom. The highest BCUT2D eigenvalue weighted by atomic mass is 32.1. The van der Waals surface area contributed by atoms with Crippen LogP contribution < -0.4 is 0 Å². The van der Waals surface area contributed by atoms with Crippen molar-refractivity contribution in [2.45, 2.75) is 37.5 Å². The number of hydrogen-bond acceptors (Lipinski definition) is 6. The van der Waals surface area contributed by atoms with Crippen molar-refractivity contribution < 1.29 is 14.3 Å². The van der Waals surface area contributed by atoms with E-state index in [0.717, 1.165) is 37.2 Å². The summed E-state index contributed by atoms with van der Waals surface area (Å²) in [5.41, 5.74) is 0. The first-order valence-corrected chi connectivity index (χ1v) is 7.30. The van der Waals surface area contributed by atoms with E-state index in [1.54, 1.807) is 4.90 Å². The van der Waals surface area contributed by atoms with E-state index in [0.29, 0.717) is 18.1 Å². The Kier molecular flexibility index (Phi) is 3.51. The third kappa shape index (κ3) is 2.50. The average Bonchev–Trinajstić information content (AvgIpc) is 3.10. The highest BCUT2D eigenvalue weighted by Gasteiger charge is 2.41. The van der Waals surface area contributed by atoms with Crippen molar-refractivity contribution in [3.63, 3.8) is 0 Å². The molecule has 1 aromatic heterocycles. The van der Waals surface area contributed by atoms with E-state index in [2.05, 4.69) is 9.59 Å². The van der Waals surface area contributed by atoms with Gasteiger partial charge in [-0.3, -0.25) is 4.79 Å². The Bertz CT molecular complexity index is 435. The molecule has 0 unspecified atom stereocenters. The monoisotopic (exact) mass is 283 g/mol. The van der Waals surface area contributed by atoms with E-state index >= 15 is 0 Å². The van der Waals surface area contributed by atoms with Crippen molar-refractivity contribution in [2.24, 2.45) is 0 Å². The van der Waals surface area contributed by atoms with Gasteiger partial charge in [0, 0.05) is 25.9 Å². The Labute approximate surface area is 115 Å². The quantitative estimate of drug-likeness (QED) is 0.818. The van der Waals surface area contributed by atoms with Gasteiger partial charge in [-0.15, -0.1) is 5.10 Å². The normalized spacial score (nSPS) is 22.8. The number of carbonyl (C=O) groups is 1. The van der Waals surface area contributed by atoms with Crippen LogP contribution in [0.15, 0.2) is 6.20 Å². The molecule has 0 radical (unpaired) electrons. The van der Waals surface area contributed by atoms with E-state index in [1.165, 1.54) is 6.20 Å². The molecule has 3 rings (SSSR count). The molecule has 1 spiro atoms. The van der Waals surface area contributed by atoms with Crippen molar-refractivity contribution in [1.29, 1.82) is 0 Å². The van der Waals surface area contributed by atoms with Crippen LogP contribution in [0.4, 0.5) is 0 Å². The summed E-state index contributed by atoms with van der Waals surface area (Å²) in [5, 5.41) is 3.71. The van der Waals surface area contributed by atoms with Crippen LogP contribution in [-0.4, -0.2) is 52.5 Å². The molecule has 1 aliphatic heterocycles. The second-order valence-electron chi connectivity index (χ2n) is 5.04. The van der Waals surface area contributed by atoms with Crippen LogP contribution in [0.5, 0.6) is 0 Å². The van der Waals surface area contributed by atoms with Gasteiger partial charge in [-0.25, -0.2) is 0 Å². The average molecular weight is 283 g/mol. The molecule has 104 valence electrons. The van der Waals surface area contributed by atoms with E-state index < -0.39 is 0 Å². The minimum Gasteiger partial charge on any atom is -0.348 e. The molecule has 2 fully saturated rings. The van der Waals surface area contributed by atoms with Crippen LogP contribution in [-0.2, 0) is 9.47 Å². The summed E-state index contributed by atoms with van der Waals surface area (Å²) in [5.74, 6) is -0.365. The second kappa shape index (κ2) is 5.15. The first-order valence-electron chi connectivity index (χ1n) is 6.53. The predicted molar refractivity (Wildman–Crippen MR) is 68.9 cm³/mol. The molecule has 1 saturated heterocycles. The Hall–Kier alpha value is -1.05. The van der Waals surface area contributed by atoms with E-state index in [9.17, 15) is 4.79 Å². The van der Waals surface area contributed by atoms with E-state index in [1.807, 2.05) is 7.05 Å². The van der Waals surface area contributed by atoms with Gasteiger partial charge in [-0.1, -0.05) is 4.49 Å². The van der Waals surface area contributed by atoms with Crippen molar-refractivity contribution in [2.75, 3.05) is 20.3 Å². The summed E-state index contributed by atoms with van der Waals surface area (Å²) >= 11 is 1.14. The molecule has 1 aliphatic carbocycles. The highest BCUT2D eigenvalue weighted by molar-refractivity contribution is 7.07. The first-order chi connectivity index (χ1) is 9.20. The molecule has 0 bridgehead atoms. The smallest absolute Gasteiger partial charge is 0.267 e. The van der Waals surface area contributed by atoms with Gasteiger partial charge in [-0.05, 0) is 24.4 Å². The third-order valence-electron chi connectivity index (χ3n) is 3.97. The summed E-state index contributed by atoms with van der Waals surface area (Å²) in [6, 6.07) is 0.244. The van der Waals surface area contributed by atoms with Crippen LogP contribution in [0.2, 0.25) is 0 Å². The number of rotatable bonds is 2. The summed E-state index contributed by atoms with van der Waals surface area (Å²) < 4.78 is 15.1. The molecule has 0 aromatic carbocycles. The lowest BCUT2D eigenvalue weighted by Gasteiger charge is -2.38. The van der Waals surface area contributed by atoms with Crippen molar-refractivity contribution >= 4 is 17.4 Å². The zero-order valence-corrected chi connectivity index (χ0v) is 11.7. The molecule has 2 aliphatic rings. The van der Waals surface area contributed by atoms with Gasteiger partial charge in [0.05, 0.1) is 19.4 Å². The molecule has 0 atom stereocenters. The fourth-order valence-corrected chi connectivity index (χ4v) is 3.32. The lowest BCUT2D eigenvalue weighted by molar-refractivity contribution is -0.182. The predicted octanol–water partition coefficient (Wildman–Crippen LogP) is 1.30. The standard InChI is InChI=1S/C12H17N3O3S/c1-15(11(16)10-8-13-14-19-10)9-2-4-12(5-3-9)17-6-7-18-12/h8-9H,2-7H2,1H3. The maximum atomic E-state index is 12.2. The van der Waals surface area contributed by atoms with Gasteiger partial charge in [0.15, 0.2) is 5.79 Å². The van der Waals surface area contributed by atoms with Gasteiger partial charge < -0.3 is 14.4 Å². The summed E-state index contributed by atoms with van der Waals surface area (Å²) in [6.45, 7) is 1.37. The van der Waals surface area contributed by atoms with Crippen LogP contribution >= 0.6 is 11.5 Å². The SMILES string of the molecule is CN(C(=O)c1cnns1)C1CCC2(CC1)OCCO2. The fourth-order valence-electron chi connectivity index (χ4n) is 2.82. The van der Waals surface area contributed by atoms with Crippen LogP contribution in [0.1, 0.15) is 35.4 Å². The topological polar surface area (TPSA) is 64.6 Å². The summed E-state index contributed by atoms with van der Waals surface area (Å²) in [7, 11) is 1.85. The van der Waals surface area contributed by atoms with Gasteiger partial charge in [0.2, 0.25) is 0 Å². The third-order valence-corrected chi connectivity index (χ3v) is 4.62. The largest absolute Gasteiger partial charge is 0.348 e. The van der Waals surface area contributed by atoms with Crippen molar-refractivity contribution in [3.8, 4) is 0 Å². The van der Waals surface area contributed by atoms with Gasteiger partial charge in [0.25, 0.3) is 5.91 Å². The number of carbonyl (C=O) groups excluding carboxylic acids is 1. The summed E-state index contributed by atoms with van der Waals surface area (Å²) in [4.78, 5) is 14.6. The van der Waals surface area contributed by atoms with Gasteiger partial charge in [0.1, 0.15) is 4.88 Å². The number of amides is 1. The molecular formula is C12H17N3O3S. The zero-order chi connectivity index (χ0) is 13.3. The first kappa shape index (κ1) is 13.0. The maximum absolute atomic E-state index is 12.2. The van der Waals surface area contributed by atoms with Crippen LogP contribution in [0.25, 0.3) is 0 Å². The fraction of sp³-hybridized carbons (Fsp3) is 0.750. The molecule has 1 aromatic rings. The lowest BCUT2D eigenvalue weighted by atomic mass is 9.89.